The van der Waals surface area contributed by atoms with Crippen molar-refractivity contribution in [3.8, 4) is 16.8 Å². The number of nitrogens with zero attached hydrogens (tertiary/aromatic N) is 2. The molecule has 1 aromatic heterocycles. The summed E-state index contributed by atoms with van der Waals surface area (Å²) in [6, 6.07) is 33.4. The summed E-state index contributed by atoms with van der Waals surface area (Å²) in [4.78, 5) is 4.87. The molecule has 0 fully saturated rings. The topological polar surface area (TPSA) is 17.8 Å². The van der Waals surface area contributed by atoms with Crippen molar-refractivity contribution in [2.45, 2.75) is 13.3 Å². The second-order valence-electron chi connectivity index (χ2n) is 10.7. The van der Waals surface area contributed by atoms with Crippen molar-refractivity contribution in [1.82, 2.24) is 9.55 Å². The van der Waals surface area contributed by atoms with Gasteiger partial charge in [-0.05, 0) is 80.0 Å². The SMILES string of the molecule is CC1C=CC(c2nc3cc(F)ccc3n2-c2ccc(-c3ccc4ccc5cccc6ccc3c4c56)cc2)=CC1. The lowest BCUT2D eigenvalue weighted by atomic mass is 9.90. The summed E-state index contributed by atoms with van der Waals surface area (Å²) in [5.41, 5.74) is 6.02. The van der Waals surface area contributed by atoms with Gasteiger partial charge in [-0.2, -0.15) is 0 Å². The van der Waals surface area contributed by atoms with Crippen LogP contribution in [-0.2, 0) is 0 Å². The normalized spacial score (nSPS) is 15.6. The highest BCUT2D eigenvalue weighted by molar-refractivity contribution is 6.25. The first-order chi connectivity index (χ1) is 19.1. The van der Waals surface area contributed by atoms with Crippen LogP contribution in [0.5, 0.6) is 0 Å². The van der Waals surface area contributed by atoms with Crippen LogP contribution in [-0.4, -0.2) is 9.55 Å². The van der Waals surface area contributed by atoms with E-state index in [-0.39, 0.29) is 5.82 Å². The molecule has 186 valence electrons. The van der Waals surface area contributed by atoms with E-state index in [2.05, 4.69) is 109 Å². The van der Waals surface area contributed by atoms with Gasteiger partial charge in [0.25, 0.3) is 0 Å². The minimum atomic E-state index is -0.273. The Morgan fingerprint density at radius 1 is 0.795 bits per heavy atom. The Balaban J connectivity index is 1.29. The van der Waals surface area contributed by atoms with Gasteiger partial charge in [-0.15, -0.1) is 0 Å². The first-order valence-corrected chi connectivity index (χ1v) is 13.5. The van der Waals surface area contributed by atoms with Crippen molar-refractivity contribution in [2.75, 3.05) is 0 Å². The lowest BCUT2D eigenvalue weighted by Crippen LogP contribution is -2.03. The predicted molar refractivity (Wildman–Crippen MR) is 161 cm³/mol. The van der Waals surface area contributed by atoms with E-state index in [1.165, 1.54) is 55.6 Å². The van der Waals surface area contributed by atoms with Crippen molar-refractivity contribution in [1.29, 1.82) is 0 Å². The van der Waals surface area contributed by atoms with E-state index >= 15 is 0 Å². The maximum Gasteiger partial charge on any atom is 0.145 e. The third-order valence-corrected chi connectivity index (χ3v) is 8.15. The zero-order valence-corrected chi connectivity index (χ0v) is 21.5. The standard InChI is InChI=1S/C36H25FN2/c1-22-5-7-27(8-6-22)36-38-32-21-28(37)15-20-33(32)39(36)29-16-11-23(12-17-29)30-18-13-26-10-9-24-3-2-4-25-14-19-31(30)35(26)34(24)25/h2-5,7-22H,6H2,1H3. The molecule has 39 heavy (non-hydrogen) atoms. The molecule has 8 rings (SSSR count). The van der Waals surface area contributed by atoms with E-state index in [4.69, 9.17) is 4.98 Å². The fourth-order valence-electron chi connectivity index (χ4n) is 6.18. The minimum absolute atomic E-state index is 0.273. The van der Waals surface area contributed by atoms with Crippen molar-refractivity contribution >= 4 is 48.9 Å². The molecule has 1 unspecified atom stereocenters. The quantitative estimate of drug-likeness (QED) is 0.219. The van der Waals surface area contributed by atoms with E-state index in [0.29, 0.717) is 11.4 Å². The zero-order chi connectivity index (χ0) is 26.1. The molecule has 1 aliphatic carbocycles. The van der Waals surface area contributed by atoms with Crippen LogP contribution < -0.4 is 0 Å². The zero-order valence-electron chi connectivity index (χ0n) is 21.5. The van der Waals surface area contributed by atoms with Gasteiger partial charge >= 0.3 is 0 Å². The molecule has 6 aromatic carbocycles. The first-order valence-electron chi connectivity index (χ1n) is 13.5. The highest BCUT2D eigenvalue weighted by Crippen LogP contribution is 2.39. The fourth-order valence-corrected chi connectivity index (χ4v) is 6.18. The molecular formula is C36H25FN2. The van der Waals surface area contributed by atoms with E-state index < -0.39 is 0 Å². The maximum atomic E-state index is 14.1. The van der Waals surface area contributed by atoms with Gasteiger partial charge in [0, 0.05) is 17.3 Å². The van der Waals surface area contributed by atoms with Crippen LogP contribution in [0.15, 0.2) is 115 Å². The summed E-state index contributed by atoms with van der Waals surface area (Å²) in [5.74, 6) is 1.08. The molecule has 0 saturated heterocycles. The van der Waals surface area contributed by atoms with Gasteiger partial charge < -0.3 is 0 Å². The molecule has 0 bridgehead atoms. The second kappa shape index (κ2) is 8.37. The average molecular weight is 505 g/mol. The molecule has 7 aromatic rings. The predicted octanol–water partition coefficient (Wildman–Crippen LogP) is 9.71. The molecule has 1 heterocycles. The van der Waals surface area contributed by atoms with Gasteiger partial charge in [0.05, 0.1) is 11.0 Å². The molecule has 0 amide bonds. The summed E-state index contributed by atoms with van der Waals surface area (Å²) in [7, 11) is 0. The van der Waals surface area contributed by atoms with Gasteiger partial charge in [0.15, 0.2) is 0 Å². The van der Waals surface area contributed by atoms with Crippen LogP contribution in [0.4, 0.5) is 4.39 Å². The average Bonchev–Trinajstić information content (AvgIpc) is 3.35. The number of halogens is 1. The highest BCUT2D eigenvalue weighted by Gasteiger charge is 2.18. The Hall–Kier alpha value is -4.76. The smallest absolute Gasteiger partial charge is 0.145 e. The number of fused-ring (bicyclic) bond motifs is 1. The third-order valence-electron chi connectivity index (χ3n) is 8.15. The largest absolute Gasteiger partial charge is 0.292 e. The van der Waals surface area contributed by atoms with E-state index in [1.807, 2.05) is 6.07 Å². The van der Waals surface area contributed by atoms with Crippen LogP contribution in [0, 0.1) is 11.7 Å². The van der Waals surface area contributed by atoms with Gasteiger partial charge in [0.2, 0.25) is 0 Å². The lowest BCUT2D eigenvalue weighted by Gasteiger charge is -2.16. The molecule has 0 N–H and O–H groups in total. The van der Waals surface area contributed by atoms with E-state index in [9.17, 15) is 4.39 Å². The number of rotatable bonds is 3. The van der Waals surface area contributed by atoms with Crippen molar-refractivity contribution in [3.05, 3.63) is 127 Å². The number of imidazole rings is 1. The number of aromatic nitrogens is 2. The van der Waals surface area contributed by atoms with Crippen LogP contribution in [0.2, 0.25) is 0 Å². The fraction of sp³-hybridized carbons (Fsp3) is 0.0833. The number of allylic oxidation sites excluding steroid dienone is 4. The monoisotopic (exact) mass is 504 g/mol. The molecule has 1 aliphatic rings. The van der Waals surface area contributed by atoms with Gasteiger partial charge in [0.1, 0.15) is 11.6 Å². The Kier molecular flexibility index (Phi) is 4.78. The molecule has 2 nitrogen and oxygen atoms in total. The summed E-state index contributed by atoms with van der Waals surface area (Å²) >= 11 is 0. The van der Waals surface area contributed by atoms with E-state index in [1.54, 1.807) is 0 Å². The Bertz CT molecular complexity index is 2100. The summed E-state index contributed by atoms with van der Waals surface area (Å²) in [5, 5.41) is 7.72. The Labute approximate surface area is 225 Å². The molecule has 0 saturated carbocycles. The number of hydrogen-bond donors (Lipinski definition) is 0. The number of hydrogen-bond acceptors (Lipinski definition) is 1. The summed E-state index contributed by atoms with van der Waals surface area (Å²) < 4.78 is 16.3. The molecular weight excluding hydrogens is 479 g/mol. The van der Waals surface area contributed by atoms with Crippen molar-refractivity contribution in [2.24, 2.45) is 5.92 Å². The van der Waals surface area contributed by atoms with Crippen LogP contribution in [0.25, 0.3) is 65.7 Å². The molecule has 0 radical (unpaired) electrons. The van der Waals surface area contributed by atoms with Crippen LogP contribution in [0.3, 0.4) is 0 Å². The lowest BCUT2D eigenvalue weighted by molar-refractivity contribution is 0.629. The van der Waals surface area contributed by atoms with Crippen LogP contribution >= 0.6 is 0 Å². The Morgan fingerprint density at radius 2 is 1.54 bits per heavy atom. The van der Waals surface area contributed by atoms with Crippen molar-refractivity contribution < 1.29 is 4.39 Å². The number of benzene rings is 6. The third kappa shape index (κ3) is 3.43. The van der Waals surface area contributed by atoms with Gasteiger partial charge in [-0.1, -0.05) is 91.9 Å². The molecule has 1 atom stereocenters. The second-order valence-corrected chi connectivity index (χ2v) is 10.7. The van der Waals surface area contributed by atoms with E-state index in [0.717, 1.165) is 29.0 Å². The molecule has 0 spiro atoms. The highest BCUT2D eigenvalue weighted by atomic mass is 19.1. The summed E-state index contributed by atoms with van der Waals surface area (Å²) in [6.45, 7) is 2.21. The Morgan fingerprint density at radius 3 is 2.31 bits per heavy atom. The minimum Gasteiger partial charge on any atom is -0.292 e. The maximum absolute atomic E-state index is 14.1. The first kappa shape index (κ1) is 22.2. The molecule has 0 aliphatic heterocycles. The van der Waals surface area contributed by atoms with Gasteiger partial charge in [-0.3, -0.25) is 4.57 Å². The molecule has 3 heteroatoms. The van der Waals surface area contributed by atoms with Gasteiger partial charge in [-0.25, -0.2) is 9.37 Å². The summed E-state index contributed by atoms with van der Waals surface area (Å²) in [6.07, 6.45) is 7.56. The van der Waals surface area contributed by atoms with Crippen LogP contribution in [0.1, 0.15) is 19.2 Å². The van der Waals surface area contributed by atoms with Crippen molar-refractivity contribution in [3.63, 3.8) is 0 Å².